The summed E-state index contributed by atoms with van der Waals surface area (Å²) in [4.78, 5) is 34.3. The number of rotatable bonds is 12. The molecule has 2 atom stereocenters. The Morgan fingerprint density at radius 3 is 1.64 bits per heavy atom. The summed E-state index contributed by atoms with van der Waals surface area (Å²) in [6.45, 7) is 9.34. The lowest BCUT2D eigenvalue weighted by Gasteiger charge is -2.13. The Hall–Kier alpha value is -2.38. The third-order valence-corrected chi connectivity index (χ3v) is 9.66. The van der Waals surface area contributed by atoms with E-state index in [-0.39, 0.29) is 22.7 Å². The van der Waals surface area contributed by atoms with Crippen molar-refractivity contribution in [3.63, 3.8) is 0 Å². The zero-order chi connectivity index (χ0) is 33.2. The number of likely N-dealkylation sites (N-methyl/N-ethyl adjacent to an activating group) is 1. The fourth-order valence-electron chi connectivity index (χ4n) is 3.78. The lowest BCUT2D eigenvalue weighted by atomic mass is 10.1. The van der Waals surface area contributed by atoms with Gasteiger partial charge in [0, 0.05) is 45.0 Å². The van der Waals surface area contributed by atoms with E-state index in [0.717, 1.165) is 69.7 Å². The van der Waals surface area contributed by atoms with Gasteiger partial charge < -0.3 is 21.7 Å². The number of carbonyl (C=O) groups is 2. The van der Waals surface area contributed by atoms with E-state index >= 15 is 0 Å². The summed E-state index contributed by atoms with van der Waals surface area (Å²) in [6, 6.07) is 15.3. The van der Waals surface area contributed by atoms with Gasteiger partial charge in [-0.25, -0.2) is 9.97 Å². The Morgan fingerprint density at radius 1 is 0.800 bits per heavy atom. The van der Waals surface area contributed by atoms with Crippen LogP contribution in [0.25, 0.3) is 0 Å². The lowest BCUT2D eigenvalue weighted by Crippen LogP contribution is -2.39. The first-order valence-electron chi connectivity index (χ1n) is 14.7. The van der Waals surface area contributed by atoms with E-state index in [1.807, 2.05) is 76.2 Å². The molecule has 45 heavy (non-hydrogen) atoms. The smallest absolute Gasteiger partial charge is 0.243 e. The number of nitrogens with two attached hydrogens (primary N) is 1. The van der Waals surface area contributed by atoms with Crippen molar-refractivity contribution in [3.05, 3.63) is 91.9 Å². The molecule has 0 aliphatic carbocycles. The molecule has 0 spiro atoms. The van der Waals surface area contributed by atoms with Crippen LogP contribution in [0.15, 0.2) is 60.9 Å². The Morgan fingerprint density at radius 2 is 1.24 bits per heavy atom. The summed E-state index contributed by atoms with van der Waals surface area (Å²) in [5.41, 5.74) is 6.97. The molecule has 4 aromatic rings. The maximum Gasteiger partial charge on any atom is 0.243 e. The molecule has 5 N–H and O–H groups in total. The van der Waals surface area contributed by atoms with Gasteiger partial charge in [-0.15, -0.1) is 22.7 Å². The number of thiazole rings is 2. The number of hydrogen-bond acceptors (Lipinski definition) is 8. The van der Waals surface area contributed by atoms with Crippen LogP contribution in [0.4, 0.5) is 10.3 Å². The minimum absolute atomic E-state index is 0.0389. The number of amides is 2. The predicted molar refractivity (Wildman–Crippen MR) is 195 cm³/mol. The Labute approximate surface area is 292 Å². The first-order chi connectivity index (χ1) is 21.6. The zero-order valence-electron chi connectivity index (χ0n) is 25.9. The maximum atomic E-state index is 12.1. The largest absolute Gasteiger partial charge is 0.331 e. The third-order valence-electron chi connectivity index (χ3n) is 6.03. The highest BCUT2D eigenvalue weighted by Gasteiger charge is 2.17. The maximum absolute atomic E-state index is 12.1. The Balaban J connectivity index is 0.000000289. The second-order valence-electron chi connectivity index (χ2n) is 9.58. The van der Waals surface area contributed by atoms with E-state index in [9.17, 15) is 9.59 Å². The molecule has 2 aromatic heterocycles. The predicted octanol–water partition coefficient (Wildman–Crippen LogP) is 8.18. The van der Waals surface area contributed by atoms with Crippen molar-refractivity contribution >= 4 is 83.9 Å². The van der Waals surface area contributed by atoms with Crippen molar-refractivity contribution in [2.24, 2.45) is 5.73 Å². The van der Waals surface area contributed by atoms with Gasteiger partial charge in [0.25, 0.3) is 0 Å². The van der Waals surface area contributed by atoms with Gasteiger partial charge in [0.2, 0.25) is 11.8 Å². The van der Waals surface area contributed by atoms with Gasteiger partial charge in [-0.3, -0.25) is 9.59 Å². The molecule has 2 amide bonds. The SMILES string of the molecule is CCC(Br)C(=O)Nc1ncc(Cc2ccccc2Cl)s1.CCN.CCNC(CC)C(=O)Nc1ncc(Cc2ccccc2Cl)s1. The summed E-state index contributed by atoms with van der Waals surface area (Å²) >= 11 is 18.6. The Kier molecular flexibility index (Phi) is 18.5. The van der Waals surface area contributed by atoms with E-state index in [2.05, 4.69) is 41.8 Å². The number of alkyl halides is 1. The molecule has 0 saturated heterocycles. The summed E-state index contributed by atoms with van der Waals surface area (Å²) in [7, 11) is 0. The second kappa shape index (κ2) is 21.4. The highest BCUT2D eigenvalue weighted by Crippen LogP contribution is 2.26. The number of nitrogens with one attached hydrogen (secondary N) is 3. The van der Waals surface area contributed by atoms with Crippen molar-refractivity contribution in [2.45, 2.75) is 64.2 Å². The number of carbonyl (C=O) groups excluding carboxylic acids is 2. The summed E-state index contributed by atoms with van der Waals surface area (Å²) in [6.07, 6.45) is 6.49. The number of anilines is 2. The molecule has 8 nitrogen and oxygen atoms in total. The van der Waals surface area contributed by atoms with Crippen LogP contribution in [0.5, 0.6) is 0 Å². The molecule has 2 heterocycles. The van der Waals surface area contributed by atoms with Gasteiger partial charge in [0.05, 0.1) is 10.9 Å². The van der Waals surface area contributed by atoms with Gasteiger partial charge >= 0.3 is 0 Å². The standard InChI is InChI=1S/C16H20ClN3OS.C14H14BrClN2OS.C2H7N/c1-3-14(18-4-2)15(21)20-16-19-10-12(22-16)9-11-7-5-6-8-13(11)17;1-2-11(15)13(19)18-14-17-8-10(20-14)7-9-5-3-4-6-12(9)16;1-2-3/h5-8,10,14,18H,3-4,9H2,1-2H3,(H,19,20,21);3-6,8,11H,2,7H2,1H3,(H,17,18,19);2-3H2,1H3. The highest BCUT2D eigenvalue weighted by atomic mass is 79.9. The molecule has 0 aliphatic rings. The summed E-state index contributed by atoms with van der Waals surface area (Å²) in [5, 5.41) is 11.6. The topological polar surface area (TPSA) is 122 Å². The van der Waals surface area contributed by atoms with Crippen LogP contribution in [0.1, 0.15) is 61.4 Å². The van der Waals surface area contributed by atoms with Crippen LogP contribution in [-0.4, -0.2) is 45.7 Å². The first-order valence-corrected chi connectivity index (χ1v) is 18.0. The van der Waals surface area contributed by atoms with E-state index in [0.29, 0.717) is 10.3 Å². The molecular weight excluding hydrogens is 715 g/mol. The molecule has 0 bridgehead atoms. The van der Waals surface area contributed by atoms with Crippen LogP contribution in [-0.2, 0) is 22.4 Å². The van der Waals surface area contributed by atoms with Crippen LogP contribution in [0, 0.1) is 0 Å². The lowest BCUT2D eigenvalue weighted by molar-refractivity contribution is -0.118. The fraction of sp³-hybridized carbons (Fsp3) is 0.375. The monoisotopic (exact) mass is 754 g/mol. The summed E-state index contributed by atoms with van der Waals surface area (Å²) in [5.74, 6) is -0.103. The second-order valence-corrected chi connectivity index (χ2v) is 13.7. The molecule has 0 fully saturated rings. The molecule has 0 saturated carbocycles. The fourth-order valence-corrected chi connectivity index (χ4v) is 5.98. The number of benzene rings is 2. The van der Waals surface area contributed by atoms with Gasteiger partial charge in [0.15, 0.2) is 10.3 Å². The molecule has 2 aromatic carbocycles. The molecular formula is C32H41BrCl2N6O2S2. The average molecular weight is 757 g/mol. The van der Waals surface area contributed by atoms with Gasteiger partial charge in [-0.05, 0) is 49.2 Å². The summed E-state index contributed by atoms with van der Waals surface area (Å²) < 4.78 is 0. The van der Waals surface area contributed by atoms with Crippen molar-refractivity contribution < 1.29 is 9.59 Å². The number of nitrogens with zero attached hydrogens (tertiary/aromatic N) is 2. The van der Waals surface area contributed by atoms with Gasteiger partial charge in [-0.2, -0.15) is 0 Å². The van der Waals surface area contributed by atoms with Crippen molar-refractivity contribution in [1.82, 2.24) is 15.3 Å². The van der Waals surface area contributed by atoms with Crippen LogP contribution < -0.4 is 21.7 Å². The highest BCUT2D eigenvalue weighted by molar-refractivity contribution is 9.10. The van der Waals surface area contributed by atoms with Crippen LogP contribution in [0.3, 0.4) is 0 Å². The third kappa shape index (κ3) is 13.9. The van der Waals surface area contributed by atoms with Crippen molar-refractivity contribution in [1.29, 1.82) is 0 Å². The van der Waals surface area contributed by atoms with Crippen LogP contribution in [0.2, 0.25) is 10.0 Å². The van der Waals surface area contributed by atoms with Crippen molar-refractivity contribution in [2.75, 3.05) is 23.7 Å². The molecule has 13 heteroatoms. The molecule has 0 radical (unpaired) electrons. The normalized spacial score (nSPS) is 11.7. The van der Waals surface area contributed by atoms with Crippen LogP contribution >= 0.6 is 61.8 Å². The minimum atomic E-state index is -0.182. The molecule has 4 rings (SSSR count). The number of halogens is 3. The molecule has 244 valence electrons. The Bertz CT molecular complexity index is 1470. The minimum Gasteiger partial charge on any atom is -0.331 e. The molecule has 0 aliphatic heterocycles. The quantitative estimate of drug-likeness (QED) is 0.108. The van der Waals surface area contributed by atoms with E-state index in [1.165, 1.54) is 22.7 Å². The number of aromatic nitrogens is 2. The van der Waals surface area contributed by atoms with E-state index in [1.54, 1.807) is 12.4 Å². The number of hydrogen-bond donors (Lipinski definition) is 4. The van der Waals surface area contributed by atoms with Gasteiger partial charge in [0.1, 0.15) is 0 Å². The molecule has 2 unspecified atom stereocenters. The van der Waals surface area contributed by atoms with Gasteiger partial charge in [-0.1, -0.05) is 103 Å². The first kappa shape index (κ1) is 38.8. The average Bonchev–Trinajstić information content (AvgIpc) is 3.67. The van der Waals surface area contributed by atoms with E-state index in [4.69, 9.17) is 28.9 Å². The zero-order valence-corrected chi connectivity index (χ0v) is 30.6. The van der Waals surface area contributed by atoms with Crippen molar-refractivity contribution in [3.8, 4) is 0 Å². The van der Waals surface area contributed by atoms with E-state index < -0.39 is 0 Å².